The van der Waals surface area contributed by atoms with Crippen molar-refractivity contribution in [3.05, 3.63) is 29.5 Å². The molecule has 4 rings (SSSR count). The second-order valence-electron chi connectivity index (χ2n) is 9.78. The smallest absolute Gasteiger partial charge is 0.367 e. The Balaban J connectivity index is 1.48. The number of imidazole rings is 1. The second-order valence-corrected chi connectivity index (χ2v) is 9.78. The molecule has 2 aliphatic heterocycles. The van der Waals surface area contributed by atoms with Crippen molar-refractivity contribution in [2.45, 2.75) is 77.7 Å². The van der Waals surface area contributed by atoms with E-state index in [0.717, 1.165) is 49.6 Å². The van der Waals surface area contributed by atoms with E-state index >= 15 is 0 Å². The van der Waals surface area contributed by atoms with Crippen molar-refractivity contribution >= 4 is 5.82 Å². The first-order chi connectivity index (χ1) is 14.0. The molecule has 0 radical (unpaired) electrons. The van der Waals surface area contributed by atoms with Gasteiger partial charge in [-0.3, -0.25) is 4.90 Å². The van der Waals surface area contributed by atoms with E-state index in [-0.39, 0.29) is 23.8 Å². The van der Waals surface area contributed by atoms with Crippen LogP contribution >= 0.6 is 0 Å². The summed E-state index contributed by atoms with van der Waals surface area (Å²) in [4.78, 5) is 9.81. The molecule has 0 bridgehead atoms. The molecule has 2 aromatic rings. The Morgan fingerprint density at radius 2 is 1.87 bits per heavy atom. The molecule has 2 aliphatic rings. The minimum absolute atomic E-state index is 0.00256. The molecule has 2 atom stereocenters. The Labute approximate surface area is 175 Å². The molecule has 4 heterocycles. The highest BCUT2D eigenvalue weighted by molar-refractivity contribution is 5.42. The van der Waals surface area contributed by atoms with Gasteiger partial charge in [-0.2, -0.15) is 18.3 Å². The first-order valence-electron chi connectivity index (χ1n) is 10.7. The Bertz CT molecular complexity index is 870. The summed E-state index contributed by atoms with van der Waals surface area (Å²) in [7, 11) is 0. The Hall–Kier alpha value is -2.03. The maximum absolute atomic E-state index is 13.8. The number of piperidine rings is 1. The Morgan fingerprint density at radius 3 is 2.43 bits per heavy atom. The molecular formula is C21H31F3N6. The van der Waals surface area contributed by atoms with E-state index < -0.39 is 12.2 Å². The van der Waals surface area contributed by atoms with E-state index in [2.05, 4.69) is 25.3 Å². The van der Waals surface area contributed by atoms with E-state index in [9.17, 15) is 13.2 Å². The lowest BCUT2D eigenvalue weighted by atomic mass is 9.82. The summed E-state index contributed by atoms with van der Waals surface area (Å²) in [6, 6.07) is 0.0176. The van der Waals surface area contributed by atoms with Crippen molar-refractivity contribution in [2.75, 3.05) is 18.4 Å². The third-order valence-corrected chi connectivity index (χ3v) is 6.57. The van der Waals surface area contributed by atoms with Crippen LogP contribution in [-0.2, 0) is 6.54 Å². The Kier molecular flexibility index (Phi) is 5.36. The number of nitrogens with zero attached hydrogens (tertiary/aromatic N) is 4. The summed E-state index contributed by atoms with van der Waals surface area (Å²) < 4.78 is 42.6. The van der Waals surface area contributed by atoms with E-state index in [1.807, 2.05) is 33.8 Å². The van der Waals surface area contributed by atoms with Gasteiger partial charge in [0, 0.05) is 30.3 Å². The van der Waals surface area contributed by atoms with Gasteiger partial charge in [0.05, 0.1) is 17.7 Å². The molecule has 0 spiro atoms. The number of rotatable bonds is 3. The van der Waals surface area contributed by atoms with Gasteiger partial charge in [-0.25, -0.2) is 9.67 Å². The molecule has 9 heteroatoms. The number of aromatic nitrogens is 4. The number of H-pyrrole nitrogens is 1. The predicted molar refractivity (Wildman–Crippen MR) is 109 cm³/mol. The summed E-state index contributed by atoms with van der Waals surface area (Å²) in [6.45, 7) is 10.5. The van der Waals surface area contributed by atoms with E-state index in [1.165, 1.54) is 4.68 Å². The first kappa shape index (κ1) is 21.2. The molecule has 0 saturated carbocycles. The zero-order chi connectivity index (χ0) is 21.7. The van der Waals surface area contributed by atoms with Crippen molar-refractivity contribution < 1.29 is 13.2 Å². The van der Waals surface area contributed by atoms with Gasteiger partial charge in [-0.05, 0) is 44.7 Å². The molecule has 166 valence electrons. The number of fused-ring (bicyclic) bond motifs is 1. The standard InChI is InChI=1S/C21H31F3N6/c1-13-16(26-12-25-13)11-29-7-5-14(6-8-29)15-9-19-27-17(20(2,3)4)10-18(21(22,23)24)30(19)28-15/h9,12,14,17-18,27H,5-8,10-11H2,1-4H3,(H,25,26)/t17-,18+/m0/s1. The van der Waals surface area contributed by atoms with Gasteiger partial charge in [-0.1, -0.05) is 20.8 Å². The fourth-order valence-corrected chi connectivity index (χ4v) is 4.51. The molecule has 2 N–H and O–H groups in total. The van der Waals surface area contributed by atoms with E-state index in [1.54, 1.807) is 6.33 Å². The van der Waals surface area contributed by atoms with E-state index in [4.69, 9.17) is 0 Å². The third kappa shape index (κ3) is 4.22. The second kappa shape index (κ2) is 7.59. The lowest BCUT2D eigenvalue weighted by molar-refractivity contribution is -0.175. The van der Waals surface area contributed by atoms with Crippen molar-refractivity contribution in [3.63, 3.8) is 0 Å². The lowest BCUT2D eigenvalue weighted by Gasteiger charge is -2.39. The highest BCUT2D eigenvalue weighted by Gasteiger charge is 2.48. The minimum atomic E-state index is -4.31. The molecule has 0 unspecified atom stereocenters. The van der Waals surface area contributed by atoms with Crippen LogP contribution in [0.1, 0.15) is 69.1 Å². The lowest BCUT2D eigenvalue weighted by Crippen LogP contribution is -2.44. The quantitative estimate of drug-likeness (QED) is 0.754. The minimum Gasteiger partial charge on any atom is -0.367 e. The first-order valence-corrected chi connectivity index (χ1v) is 10.7. The van der Waals surface area contributed by atoms with Crippen molar-refractivity contribution in [3.8, 4) is 0 Å². The summed E-state index contributed by atoms with van der Waals surface area (Å²) in [6.07, 6.45) is -0.822. The highest BCUT2D eigenvalue weighted by atomic mass is 19.4. The average molecular weight is 425 g/mol. The van der Waals surface area contributed by atoms with E-state index in [0.29, 0.717) is 5.82 Å². The van der Waals surface area contributed by atoms with Crippen molar-refractivity contribution in [2.24, 2.45) is 5.41 Å². The number of halogens is 3. The fourth-order valence-electron chi connectivity index (χ4n) is 4.51. The van der Waals surface area contributed by atoms with Crippen LogP contribution in [0.2, 0.25) is 0 Å². The number of alkyl halides is 3. The molecule has 6 nitrogen and oxygen atoms in total. The molecule has 2 aromatic heterocycles. The molecule has 0 aliphatic carbocycles. The van der Waals surface area contributed by atoms with Crippen LogP contribution in [0.25, 0.3) is 0 Å². The number of likely N-dealkylation sites (tertiary alicyclic amines) is 1. The number of hydrogen-bond donors (Lipinski definition) is 2. The third-order valence-electron chi connectivity index (χ3n) is 6.57. The van der Waals surface area contributed by atoms with Crippen LogP contribution in [0.5, 0.6) is 0 Å². The van der Waals surface area contributed by atoms with Gasteiger partial charge in [0.2, 0.25) is 0 Å². The van der Waals surface area contributed by atoms with Gasteiger partial charge < -0.3 is 10.3 Å². The van der Waals surface area contributed by atoms with Crippen LogP contribution < -0.4 is 5.32 Å². The van der Waals surface area contributed by atoms with Crippen LogP contribution in [0.4, 0.5) is 19.0 Å². The van der Waals surface area contributed by atoms with Crippen LogP contribution in [0.15, 0.2) is 12.4 Å². The van der Waals surface area contributed by atoms with Crippen LogP contribution in [0.3, 0.4) is 0 Å². The number of hydrogen-bond acceptors (Lipinski definition) is 4. The summed E-state index contributed by atoms with van der Waals surface area (Å²) in [5.41, 5.74) is 2.64. The van der Waals surface area contributed by atoms with Gasteiger partial charge in [0.1, 0.15) is 5.82 Å². The van der Waals surface area contributed by atoms with Crippen LogP contribution in [0, 0.1) is 12.3 Å². The summed E-state index contributed by atoms with van der Waals surface area (Å²) >= 11 is 0. The molecule has 0 aromatic carbocycles. The normalized spacial score (nSPS) is 24.0. The average Bonchev–Trinajstić information content (AvgIpc) is 3.26. The number of aryl methyl sites for hydroxylation is 1. The topological polar surface area (TPSA) is 61.8 Å². The summed E-state index contributed by atoms with van der Waals surface area (Å²) in [5, 5.41) is 7.77. The van der Waals surface area contributed by atoms with Gasteiger partial charge in [0.15, 0.2) is 6.04 Å². The van der Waals surface area contributed by atoms with Crippen molar-refractivity contribution in [1.82, 2.24) is 24.6 Å². The number of nitrogens with one attached hydrogen (secondary N) is 2. The molecular weight excluding hydrogens is 393 g/mol. The van der Waals surface area contributed by atoms with Gasteiger partial charge >= 0.3 is 6.18 Å². The zero-order valence-electron chi connectivity index (χ0n) is 18.1. The monoisotopic (exact) mass is 424 g/mol. The largest absolute Gasteiger partial charge is 0.410 e. The maximum Gasteiger partial charge on any atom is 0.410 e. The zero-order valence-corrected chi connectivity index (χ0v) is 18.1. The number of anilines is 1. The highest BCUT2D eigenvalue weighted by Crippen LogP contribution is 2.44. The predicted octanol–water partition coefficient (Wildman–Crippen LogP) is 4.63. The molecule has 1 fully saturated rings. The SMILES string of the molecule is Cc1[nH]cnc1CN1CCC(c2cc3n(n2)[C@@H](C(F)(F)F)C[C@@H](C(C)(C)C)N3)CC1. The van der Waals surface area contributed by atoms with Gasteiger partial charge in [-0.15, -0.1) is 0 Å². The molecule has 0 amide bonds. The van der Waals surface area contributed by atoms with Crippen molar-refractivity contribution in [1.29, 1.82) is 0 Å². The fraction of sp³-hybridized carbons (Fsp3) is 0.714. The number of aromatic amines is 1. The van der Waals surface area contributed by atoms with Crippen LogP contribution in [-0.4, -0.2) is 50.0 Å². The maximum atomic E-state index is 13.8. The molecule has 1 saturated heterocycles. The summed E-state index contributed by atoms with van der Waals surface area (Å²) in [5.74, 6) is 0.677. The Morgan fingerprint density at radius 1 is 1.17 bits per heavy atom. The van der Waals surface area contributed by atoms with Gasteiger partial charge in [0.25, 0.3) is 0 Å². The molecule has 30 heavy (non-hydrogen) atoms.